The van der Waals surface area contributed by atoms with E-state index in [2.05, 4.69) is 10.2 Å². The molecule has 0 radical (unpaired) electrons. The van der Waals surface area contributed by atoms with Gasteiger partial charge in [0.05, 0.1) is 5.56 Å². The minimum atomic E-state index is -0.954. The Kier molecular flexibility index (Phi) is 3.55. The first kappa shape index (κ1) is 13.1. The number of rotatable bonds is 4. The first-order valence-corrected chi connectivity index (χ1v) is 5.98. The van der Waals surface area contributed by atoms with Crippen molar-refractivity contribution in [2.24, 2.45) is 0 Å². The minimum Gasteiger partial charge on any atom is -0.492 e. The lowest BCUT2D eigenvalue weighted by Crippen LogP contribution is -2.30. The average Bonchev–Trinajstić information content (AvgIpc) is 2.76. The Balaban J connectivity index is 2.35. The number of hydrogen-bond donors (Lipinski definition) is 2. The first-order chi connectivity index (χ1) is 9.01. The van der Waals surface area contributed by atoms with Crippen molar-refractivity contribution in [2.75, 3.05) is 0 Å². The highest BCUT2D eigenvalue weighted by molar-refractivity contribution is 5.67. The molecule has 2 rings (SSSR count). The summed E-state index contributed by atoms with van der Waals surface area (Å²) < 4.78 is 5.41. The van der Waals surface area contributed by atoms with Crippen LogP contribution < -0.4 is 0 Å². The number of nitrogens with one attached hydrogen (secondary N) is 1. The van der Waals surface area contributed by atoms with Crippen LogP contribution in [0, 0.1) is 0 Å². The van der Waals surface area contributed by atoms with Crippen molar-refractivity contribution in [2.45, 2.75) is 25.9 Å². The maximum absolute atomic E-state index is 11.3. The second kappa shape index (κ2) is 5.14. The third-order valence-corrected chi connectivity index (χ3v) is 2.94. The molecule has 5 heteroatoms. The fourth-order valence-electron chi connectivity index (χ4n) is 2.16. The molecule has 0 aliphatic carbocycles. The van der Waals surface area contributed by atoms with Gasteiger partial charge in [0.1, 0.15) is 5.60 Å². The molecule has 0 spiro atoms. The zero-order valence-corrected chi connectivity index (χ0v) is 10.9. The third-order valence-electron chi connectivity index (χ3n) is 2.94. The number of carbonyl (C=O) groups excluding carboxylic acids is 1. The molecule has 2 aromatic rings. The molecule has 0 aliphatic heterocycles. The summed E-state index contributed by atoms with van der Waals surface area (Å²) in [5, 5.41) is 16.0. The highest BCUT2D eigenvalue weighted by atomic mass is 16.6. The molecule has 0 saturated heterocycles. The molecule has 19 heavy (non-hydrogen) atoms. The Morgan fingerprint density at radius 2 is 2.11 bits per heavy atom. The van der Waals surface area contributed by atoms with Crippen molar-refractivity contribution in [3.05, 3.63) is 47.7 Å². The monoisotopic (exact) mass is 260 g/mol. The standard InChI is InChI=1S/C14H16N2O3/c1-10(17)19-14(2,12-9-15-16-13(12)18)8-11-6-4-3-5-7-11/h3-7,9H,8H2,1-2H3,(H2,15,16,18). The van der Waals surface area contributed by atoms with Gasteiger partial charge in [0.25, 0.3) is 0 Å². The zero-order chi connectivity index (χ0) is 13.9. The van der Waals surface area contributed by atoms with Gasteiger partial charge in [-0.15, -0.1) is 5.10 Å². The molecule has 100 valence electrons. The van der Waals surface area contributed by atoms with E-state index >= 15 is 0 Å². The van der Waals surface area contributed by atoms with Gasteiger partial charge in [0.2, 0.25) is 5.88 Å². The fraction of sp³-hybridized carbons (Fsp3) is 0.286. The van der Waals surface area contributed by atoms with E-state index < -0.39 is 11.6 Å². The zero-order valence-electron chi connectivity index (χ0n) is 10.9. The Labute approximate surface area is 111 Å². The van der Waals surface area contributed by atoms with E-state index in [4.69, 9.17) is 4.74 Å². The van der Waals surface area contributed by atoms with Crippen LogP contribution in [0.1, 0.15) is 25.0 Å². The molecule has 1 aromatic carbocycles. The summed E-state index contributed by atoms with van der Waals surface area (Å²) in [7, 11) is 0. The summed E-state index contributed by atoms with van der Waals surface area (Å²) in [6.45, 7) is 3.10. The number of carbonyl (C=O) groups is 1. The molecular formula is C14H16N2O3. The van der Waals surface area contributed by atoms with Gasteiger partial charge in [-0.05, 0) is 12.5 Å². The first-order valence-electron chi connectivity index (χ1n) is 5.98. The lowest BCUT2D eigenvalue weighted by atomic mass is 9.90. The number of aromatic hydroxyl groups is 1. The maximum Gasteiger partial charge on any atom is 0.303 e. The van der Waals surface area contributed by atoms with Crippen molar-refractivity contribution in [3.63, 3.8) is 0 Å². The number of aromatic amines is 1. The molecule has 0 saturated carbocycles. The predicted molar refractivity (Wildman–Crippen MR) is 69.5 cm³/mol. The lowest BCUT2D eigenvalue weighted by Gasteiger charge is -2.28. The van der Waals surface area contributed by atoms with E-state index in [1.807, 2.05) is 30.3 Å². The number of esters is 1. The molecule has 5 nitrogen and oxygen atoms in total. The molecule has 0 aliphatic rings. The largest absolute Gasteiger partial charge is 0.492 e. The van der Waals surface area contributed by atoms with Gasteiger partial charge in [-0.3, -0.25) is 9.89 Å². The molecule has 2 N–H and O–H groups in total. The SMILES string of the molecule is CC(=O)OC(C)(Cc1ccccc1)c1c[nH]nc1O. The van der Waals surface area contributed by atoms with E-state index in [0.29, 0.717) is 12.0 Å². The number of nitrogens with zero attached hydrogens (tertiary/aromatic N) is 1. The van der Waals surface area contributed by atoms with Crippen molar-refractivity contribution in [1.29, 1.82) is 0 Å². The highest BCUT2D eigenvalue weighted by Gasteiger charge is 2.34. The van der Waals surface area contributed by atoms with Crippen LogP contribution in [-0.2, 0) is 21.6 Å². The fourth-order valence-corrected chi connectivity index (χ4v) is 2.16. The van der Waals surface area contributed by atoms with E-state index in [9.17, 15) is 9.90 Å². The molecule has 0 amide bonds. The summed E-state index contributed by atoms with van der Waals surface area (Å²) in [5.74, 6) is -0.557. The highest BCUT2D eigenvalue weighted by Crippen LogP contribution is 2.34. The topological polar surface area (TPSA) is 75.2 Å². The summed E-state index contributed by atoms with van der Waals surface area (Å²) >= 11 is 0. The van der Waals surface area contributed by atoms with Gasteiger partial charge in [0.15, 0.2) is 0 Å². The second-order valence-corrected chi connectivity index (χ2v) is 4.61. The Morgan fingerprint density at radius 3 is 2.63 bits per heavy atom. The van der Waals surface area contributed by atoms with Crippen LogP contribution in [0.25, 0.3) is 0 Å². The van der Waals surface area contributed by atoms with Gasteiger partial charge >= 0.3 is 5.97 Å². The quantitative estimate of drug-likeness (QED) is 0.826. The molecular weight excluding hydrogens is 244 g/mol. The van der Waals surface area contributed by atoms with E-state index in [1.165, 1.54) is 6.92 Å². The van der Waals surface area contributed by atoms with Crippen LogP contribution in [0.4, 0.5) is 0 Å². The van der Waals surface area contributed by atoms with Crippen molar-refractivity contribution >= 4 is 5.97 Å². The normalized spacial score (nSPS) is 13.8. The van der Waals surface area contributed by atoms with E-state index in [1.54, 1.807) is 13.1 Å². The van der Waals surface area contributed by atoms with Crippen molar-refractivity contribution < 1.29 is 14.6 Å². The molecule has 1 heterocycles. The average molecular weight is 260 g/mol. The van der Waals surface area contributed by atoms with E-state index in [0.717, 1.165) is 5.56 Å². The number of H-pyrrole nitrogens is 1. The molecule has 0 fully saturated rings. The number of ether oxygens (including phenoxy) is 1. The summed E-state index contributed by atoms with van der Waals surface area (Å²) in [4.78, 5) is 11.3. The summed E-state index contributed by atoms with van der Waals surface area (Å²) in [6.07, 6.45) is 2.00. The van der Waals surface area contributed by atoms with Gasteiger partial charge < -0.3 is 9.84 Å². The second-order valence-electron chi connectivity index (χ2n) is 4.61. The van der Waals surface area contributed by atoms with Crippen LogP contribution in [0.2, 0.25) is 0 Å². The van der Waals surface area contributed by atoms with Gasteiger partial charge in [0, 0.05) is 19.5 Å². The molecule has 0 bridgehead atoms. The Bertz CT molecular complexity index is 565. The van der Waals surface area contributed by atoms with Crippen LogP contribution in [-0.4, -0.2) is 21.3 Å². The maximum atomic E-state index is 11.3. The molecule has 1 unspecified atom stereocenters. The van der Waals surface area contributed by atoms with Crippen molar-refractivity contribution in [3.8, 4) is 5.88 Å². The van der Waals surface area contributed by atoms with Crippen LogP contribution in [0.5, 0.6) is 5.88 Å². The van der Waals surface area contributed by atoms with Crippen LogP contribution in [0.3, 0.4) is 0 Å². The van der Waals surface area contributed by atoms with E-state index in [-0.39, 0.29) is 5.88 Å². The van der Waals surface area contributed by atoms with Crippen molar-refractivity contribution in [1.82, 2.24) is 10.2 Å². The third kappa shape index (κ3) is 2.93. The number of aromatic nitrogens is 2. The van der Waals surface area contributed by atoms with Crippen LogP contribution >= 0.6 is 0 Å². The predicted octanol–water partition coefficient (Wildman–Crippen LogP) is 2.14. The Morgan fingerprint density at radius 1 is 1.42 bits per heavy atom. The van der Waals surface area contributed by atoms with Gasteiger partial charge in [-0.1, -0.05) is 30.3 Å². The lowest BCUT2D eigenvalue weighted by molar-refractivity contribution is -0.156. The summed E-state index contributed by atoms with van der Waals surface area (Å²) in [5.41, 5.74) is 0.517. The molecule has 1 atom stereocenters. The molecule has 1 aromatic heterocycles. The Hall–Kier alpha value is -2.30. The summed E-state index contributed by atoms with van der Waals surface area (Å²) in [6, 6.07) is 9.64. The van der Waals surface area contributed by atoms with Gasteiger partial charge in [-0.2, -0.15) is 0 Å². The minimum absolute atomic E-state index is 0.153. The smallest absolute Gasteiger partial charge is 0.303 e. The van der Waals surface area contributed by atoms with Gasteiger partial charge in [-0.25, -0.2) is 0 Å². The number of hydrogen-bond acceptors (Lipinski definition) is 4. The van der Waals surface area contributed by atoms with Crippen LogP contribution in [0.15, 0.2) is 36.5 Å². The number of benzene rings is 1.